The quantitative estimate of drug-likeness (QED) is 0.200. The number of thiophene rings is 1. The molecule has 1 heterocycles. The van der Waals surface area contributed by atoms with E-state index in [1.165, 1.54) is 67.5 Å². The highest BCUT2D eigenvalue weighted by molar-refractivity contribution is 7.12. The van der Waals surface area contributed by atoms with Crippen LogP contribution in [0.3, 0.4) is 0 Å². The van der Waals surface area contributed by atoms with Crippen LogP contribution < -0.4 is 0 Å². The van der Waals surface area contributed by atoms with Crippen molar-refractivity contribution >= 4 is 30.4 Å². The molecule has 0 saturated heterocycles. The van der Waals surface area contributed by atoms with E-state index in [0.717, 1.165) is 44.0 Å². The lowest BCUT2D eigenvalue weighted by Crippen LogP contribution is -2.65. The number of esters is 1. The van der Waals surface area contributed by atoms with Gasteiger partial charge in [0, 0.05) is 22.8 Å². The molecular formula is C40H60O5S. The van der Waals surface area contributed by atoms with E-state index in [2.05, 4.69) is 58.6 Å². The third-order valence-corrected chi connectivity index (χ3v) is 15.2. The van der Waals surface area contributed by atoms with Crippen LogP contribution in [0.2, 0.25) is 0 Å². The Morgan fingerprint density at radius 3 is 2.35 bits per heavy atom. The number of aliphatic hydroxyl groups is 1. The van der Waals surface area contributed by atoms with Crippen LogP contribution in [0.15, 0.2) is 12.1 Å². The summed E-state index contributed by atoms with van der Waals surface area (Å²) in [7, 11) is 1.00. The molecule has 1 N–H and O–H groups in total. The SMILES string of the molecule is C=O.CO.Cc1ccc(C#C[C@]23CCCC2C2CCC4C5(C)CCC(OC(=O)CC(C)(C)C=O)C(C)C5CCC4(C)[C@]2(C)CC3)s1. The van der Waals surface area contributed by atoms with Gasteiger partial charge in [-0.2, -0.15) is 0 Å². The Labute approximate surface area is 283 Å². The van der Waals surface area contributed by atoms with Crippen molar-refractivity contribution in [3.05, 3.63) is 21.9 Å². The highest BCUT2D eigenvalue weighted by Crippen LogP contribution is 2.76. The lowest BCUT2D eigenvalue weighted by Gasteiger charge is -2.71. The second-order valence-electron chi connectivity index (χ2n) is 16.7. The molecule has 256 valence electrons. The summed E-state index contributed by atoms with van der Waals surface area (Å²) in [4.78, 5) is 34.8. The van der Waals surface area contributed by atoms with Gasteiger partial charge in [0.05, 0.1) is 11.3 Å². The van der Waals surface area contributed by atoms with Gasteiger partial charge in [-0.1, -0.05) is 59.8 Å². The third kappa shape index (κ3) is 6.18. The number of carbonyl (C=O) groups excluding carboxylic acids is 3. The van der Waals surface area contributed by atoms with Crippen molar-refractivity contribution < 1.29 is 24.2 Å². The largest absolute Gasteiger partial charge is 0.462 e. The van der Waals surface area contributed by atoms with E-state index in [4.69, 9.17) is 14.6 Å². The Bertz CT molecular complexity index is 1310. The van der Waals surface area contributed by atoms with Gasteiger partial charge in [-0.3, -0.25) is 4.79 Å². The van der Waals surface area contributed by atoms with Crippen molar-refractivity contribution in [3.8, 4) is 11.8 Å². The van der Waals surface area contributed by atoms with Gasteiger partial charge in [-0.25, -0.2) is 0 Å². The first kappa shape index (κ1) is 36.9. The van der Waals surface area contributed by atoms with E-state index in [-0.39, 0.29) is 23.9 Å². The van der Waals surface area contributed by atoms with Crippen LogP contribution in [0.4, 0.5) is 0 Å². The normalized spacial score (nSPS) is 40.8. The molecule has 0 spiro atoms. The maximum atomic E-state index is 12.8. The summed E-state index contributed by atoms with van der Waals surface area (Å²) in [6.45, 7) is 18.2. The zero-order valence-electron chi connectivity index (χ0n) is 29.9. The molecule has 0 aliphatic heterocycles. The Morgan fingerprint density at radius 1 is 0.978 bits per heavy atom. The Hall–Kier alpha value is -1.97. The van der Waals surface area contributed by atoms with E-state index in [0.29, 0.717) is 28.1 Å². The molecule has 0 amide bonds. The van der Waals surface area contributed by atoms with Crippen LogP contribution in [-0.2, 0) is 19.1 Å². The first-order valence-electron chi connectivity index (χ1n) is 17.8. The summed E-state index contributed by atoms with van der Waals surface area (Å²) in [6, 6.07) is 4.43. The fraction of sp³-hybridized carbons (Fsp3) is 0.775. The Kier molecular flexibility index (Phi) is 11.1. The van der Waals surface area contributed by atoms with Gasteiger partial charge in [0.15, 0.2) is 0 Å². The highest BCUT2D eigenvalue weighted by atomic mass is 32.1. The van der Waals surface area contributed by atoms with Gasteiger partial charge in [-0.15, -0.1) is 11.3 Å². The van der Waals surface area contributed by atoms with Crippen molar-refractivity contribution in [2.45, 2.75) is 132 Å². The van der Waals surface area contributed by atoms with E-state index in [1.807, 2.05) is 32.0 Å². The van der Waals surface area contributed by atoms with Crippen LogP contribution in [0.5, 0.6) is 0 Å². The maximum absolute atomic E-state index is 12.8. The summed E-state index contributed by atoms with van der Waals surface area (Å²) in [5.74, 6) is 10.6. The van der Waals surface area contributed by atoms with Crippen LogP contribution in [0, 0.1) is 75.4 Å². The molecule has 1 aromatic rings. The van der Waals surface area contributed by atoms with Crippen molar-refractivity contribution in [3.63, 3.8) is 0 Å². The van der Waals surface area contributed by atoms with Gasteiger partial charge >= 0.3 is 5.97 Å². The van der Waals surface area contributed by atoms with Crippen LogP contribution in [0.1, 0.15) is 128 Å². The van der Waals surface area contributed by atoms with Crippen LogP contribution in [-0.4, -0.2) is 37.4 Å². The number of fused-ring (bicyclic) bond motifs is 7. The number of aldehydes is 1. The van der Waals surface area contributed by atoms with Crippen LogP contribution >= 0.6 is 11.3 Å². The fourth-order valence-electron chi connectivity index (χ4n) is 11.9. The molecule has 46 heavy (non-hydrogen) atoms. The van der Waals surface area contributed by atoms with E-state index < -0.39 is 5.41 Å². The number of rotatable bonds is 4. The molecule has 5 fully saturated rings. The molecule has 5 aliphatic carbocycles. The summed E-state index contributed by atoms with van der Waals surface area (Å²) in [5, 5.41) is 7.00. The van der Waals surface area contributed by atoms with Gasteiger partial charge in [0.25, 0.3) is 0 Å². The average Bonchev–Trinajstić information content (AvgIpc) is 3.66. The third-order valence-electron chi connectivity index (χ3n) is 14.3. The van der Waals surface area contributed by atoms with Gasteiger partial charge in [-0.05, 0) is 129 Å². The molecule has 0 aromatic carbocycles. The minimum absolute atomic E-state index is 0.0196. The van der Waals surface area contributed by atoms with Crippen molar-refractivity contribution in [1.29, 1.82) is 0 Å². The minimum Gasteiger partial charge on any atom is -0.462 e. The van der Waals surface area contributed by atoms with Gasteiger partial charge < -0.3 is 19.4 Å². The minimum atomic E-state index is -0.657. The van der Waals surface area contributed by atoms with Crippen LogP contribution in [0.25, 0.3) is 0 Å². The molecule has 5 saturated carbocycles. The summed E-state index contributed by atoms with van der Waals surface area (Å²) in [6.07, 6.45) is 15.0. The molecule has 6 rings (SSSR count). The standard InChI is InChI=1S/C38H54O3S.CH4O.CH2O/c1-25-10-11-27(42-25)14-20-38-17-8-9-30(38)29-12-13-32-35(5)18-16-31(41-33(40)23-34(3,4)24-39)26(2)28(35)15-19-37(32,7)36(29,6)21-22-38;2*1-2/h10-11,24,26,28-32H,8-9,12-13,15-19,21-23H2,1-7H3;2H,1H3;1H2/t26?,28?,29?,30?,31?,32?,35?,36-,37?,38+;;/m1../s1. The van der Waals surface area contributed by atoms with E-state index in [1.54, 1.807) is 0 Å². The smallest absolute Gasteiger partial charge is 0.307 e. The zero-order valence-corrected chi connectivity index (χ0v) is 30.7. The molecular weight excluding hydrogens is 593 g/mol. The molecule has 1 aromatic heterocycles. The predicted molar refractivity (Wildman–Crippen MR) is 186 cm³/mol. The number of aryl methyl sites for hydroxylation is 1. The fourth-order valence-corrected chi connectivity index (χ4v) is 12.6. The molecule has 5 aliphatic rings. The first-order chi connectivity index (χ1) is 21.8. The summed E-state index contributed by atoms with van der Waals surface area (Å²) < 4.78 is 6.11. The number of aliphatic hydroxyl groups excluding tert-OH is 1. The average molecular weight is 653 g/mol. The lowest BCUT2D eigenvalue weighted by atomic mass is 9.33. The second-order valence-corrected chi connectivity index (χ2v) is 18.0. The number of carbonyl (C=O) groups is 3. The highest BCUT2D eigenvalue weighted by Gasteiger charge is 2.69. The second kappa shape index (κ2) is 13.9. The van der Waals surface area contributed by atoms with E-state index >= 15 is 0 Å². The predicted octanol–water partition coefficient (Wildman–Crippen LogP) is 8.82. The monoisotopic (exact) mass is 652 g/mol. The summed E-state index contributed by atoms with van der Waals surface area (Å²) >= 11 is 1.84. The molecule has 6 heteroatoms. The lowest BCUT2D eigenvalue weighted by molar-refractivity contribution is -0.231. The van der Waals surface area contributed by atoms with Gasteiger partial charge in [0.2, 0.25) is 0 Å². The topological polar surface area (TPSA) is 80.7 Å². The first-order valence-corrected chi connectivity index (χ1v) is 18.6. The van der Waals surface area contributed by atoms with Gasteiger partial charge in [0.1, 0.15) is 19.2 Å². The van der Waals surface area contributed by atoms with Crippen molar-refractivity contribution in [1.82, 2.24) is 0 Å². The van der Waals surface area contributed by atoms with Crippen molar-refractivity contribution in [2.75, 3.05) is 7.11 Å². The molecule has 0 bridgehead atoms. The number of ether oxygens (including phenoxy) is 1. The Morgan fingerprint density at radius 2 is 1.70 bits per heavy atom. The molecule has 5 nitrogen and oxygen atoms in total. The molecule has 0 radical (unpaired) electrons. The van der Waals surface area contributed by atoms with E-state index in [9.17, 15) is 9.59 Å². The Balaban J connectivity index is 0.00000116. The summed E-state index contributed by atoms with van der Waals surface area (Å²) in [5.41, 5.74) is 0.589. The number of hydrogen-bond donors (Lipinski definition) is 1. The molecule has 10 atom stereocenters. The zero-order chi connectivity index (χ0) is 34.1. The van der Waals surface area contributed by atoms with Crippen molar-refractivity contribution in [2.24, 2.45) is 56.7 Å². The maximum Gasteiger partial charge on any atom is 0.307 e. The molecule has 8 unspecified atom stereocenters. The number of hydrogen-bond acceptors (Lipinski definition) is 6.